The molecule has 25 heavy (non-hydrogen) atoms. The first-order valence-corrected chi connectivity index (χ1v) is 8.15. The molecule has 0 aliphatic carbocycles. The summed E-state index contributed by atoms with van der Waals surface area (Å²) in [6.07, 6.45) is 0.834. The summed E-state index contributed by atoms with van der Waals surface area (Å²) >= 11 is 0. The van der Waals surface area contributed by atoms with Crippen LogP contribution in [0.1, 0.15) is 22.8 Å². The van der Waals surface area contributed by atoms with Crippen LogP contribution in [-0.2, 0) is 11.2 Å². The van der Waals surface area contributed by atoms with Gasteiger partial charge in [0.25, 0.3) is 5.91 Å². The number of carbonyl (C=O) groups is 2. The number of hydrogen-bond donors (Lipinski definition) is 2. The number of fused-ring (bicyclic) bond motifs is 2. The average Bonchev–Trinajstić information content (AvgIpc) is 3.27. The van der Waals surface area contributed by atoms with Gasteiger partial charge in [-0.2, -0.15) is 15.4 Å². The molecule has 0 radical (unpaired) electrons. The molecule has 2 heterocycles. The average molecular weight is 335 g/mol. The second-order valence-corrected chi connectivity index (χ2v) is 6.06. The zero-order valence-electron chi connectivity index (χ0n) is 13.7. The number of para-hydroxylation sites is 2. The molecule has 0 saturated heterocycles. The molecule has 3 aromatic rings. The Labute approximate surface area is 144 Å². The normalized spacial score (nSPS) is 14.4. The van der Waals surface area contributed by atoms with Crippen LogP contribution >= 0.6 is 0 Å². The van der Waals surface area contributed by atoms with E-state index in [-0.39, 0.29) is 11.8 Å². The summed E-state index contributed by atoms with van der Waals surface area (Å²) in [5, 5.41) is 13.3. The Balaban J connectivity index is 1.52. The van der Waals surface area contributed by atoms with E-state index in [9.17, 15) is 9.59 Å². The topological polar surface area (TPSA) is 91.0 Å². The molecule has 1 aliphatic heterocycles. The van der Waals surface area contributed by atoms with Gasteiger partial charge < -0.3 is 10.2 Å². The molecular formula is C18H17N5O2. The maximum atomic E-state index is 12.8. The van der Waals surface area contributed by atoms with E-state index in [0.29, 0.717) is 23.1 Å². The lowest BCUT2D eigenvalue weighted by Gasteiger charge is -2.22. The van der Waals surface area contributed by atoms with Crippen molar-refractivity contribution in [3.05, 3.63) is 53.6 Å². The number of nitrogens with zero attached hydrogens (tertiary/aromatic N) is 3. The Hall–Kier alpha value is -3.22. The number of rotatable bonds is 3. The number of hydrogen-bond acceptors (Lipinski definition) is 4. The minimum atomic E-state index is -0.638. The van der Waals surface area contributed by atoms with Crippen molar-refractivity contribution >= 4 is 28.5 Å². The van der Waals surface area contributed by atoms with E-state index in [0.717, 1.165) is 17.7 Å². The van der Waals surface area contributed by atoms with Crippen LogP contribution in [0.25, 0.3) is 11.0 Å². The molecule has 0 fully saturated rings. The minimum absolute atomic E-state index is 0.120. The van der Waals surface area contributed by atoms with E-state index in [2.05, 4.69) is 20.7 Å². The second kappa shape index (κ2) is 6.01. The molecule has 4 rings (SSSR count). The van der Waals surface area contributed by atoms with Gasteiger partial charge >= 0.3 is 0 Å². The van der Waals surface area contributed by atoms with Crippen molar-refractivity contribution in [1.82, 2.24) is 20.7 Å². The van der Waals surface area contributed by atoms with E-state index < -0.39 is 6.04 Å². The molecule has 0 bridgehead atoms. The molecule has 0 spiro atoms. The summed E-state index contributed by atoms with van der Waals surface area (Å²) in [5.74, 6) is -0.460. The predicted octanol–water partition coefficient (Wildman–Crippen LogP) is 1.67. The SMILES string of the molecule is C[C@H](NC(=O)c1cccc2n[nH]nc12)C(=O)N1CCc2ccccc21. The summed E-state index contributed by atoms with van der Waals surface area (Å²) < 4.78 is 0. The van der Waals surface area contributed by atoms with Crippen LogP contribution in [0, 0.1) is 0 Å². The van der Waals surface area contributed by atoms with E-state index in [1.807, 2.05) is 24.3 Å². The van der Waals surface area contributed by atoms with Gasteiger partial charge in [0, 0.05) is 12.2 Å². The first-order chi connectivity index (χ1) is 12.1. The lowest BCUT2D eigenvalue weighted by molar-refractivity contribution is -0.119. The Morgan fingerprint density at radius 1 is 1.16 bits per heavy atom. The molecule has 7 heteroatoms. The number of benzene rings is 2. The molecule has 2 N–H and O–H groups in total. The third-order valence-corrected chi connectivity index (χ3v) is 4.46. The van der Waals surface area contributed by atoms with Crippen molar-refractivity contribution < 1.29 is 9.59 Å². The second-order valence-electron chi connectivity index (χ2n) is 6.06. The van der Waals surface area contributed by atoms with Crippen LogP contribution in [0.3, 0.4) is 0 Å². The molecule has 7 nitrogen and oxygen atoms in total. The predicted molar refractivity (Wildman–Crippen MR) is 93.3 cm³/mol. The molecule has 2 aromatic carbocycles. The first-order valence-electron chi connectivity index (χ1n) is 8.15. The van der Waals surface area contributed by atoms with Crippen molar-refractivity contribution in [2.75, 3.05) is 11.4 Å². The highest BCUT2D eigenvalue weighted by molar-refractivity contribution is 6.07. The summed E-state index contributed by atoms with van der Waals surface area (Å²) in [7, 11) is 0. The maximum Gasteiger partial charge on any atom is 0.254 e. The van der Waals surface area contributed by atoms with Crippen LogP contribution in [0.15, 0.2) is 42.5 Å². The van der Waals surface area contributed by atoms with Crippen LogP contribution in [0.4, 0.5) is 5.69 Å². The summed E-state index contributed by atoms with van der Waals surface area (Å²) in [6, 6.07) is 12.4. The fraction of sp³-hybridized carbons (Fsp3) is 0.222. The number of amides is 2. The smallest absolute Gasteiger partial charge is 0.254 e. The highest BCUT2D eigenvalue weighted by Gasteiger charge is 2.29. The fourth-order valence-corrected chi connectivity index (χ4v) is 3.19. The first kappa shape index (κ1) is 15.3. The quantitative estimate of drug-likeness (QED) is 0.762. The van der Waals surface area contributed by atoms with E-state index in [4.69, 9.17) is 0 Å². The zero-order valence-corrected chi connectivity index (χ0v) is 13.7. The van der Waals surface area contributed by atoms with Crippen molar-refractivity contribution in [1.29, 1.82) is 0 Å². The minimum Gasteiger partial charge on any atom is -0.340 e. The monoisotopic (exact) mass is 335 g/mol. The maximum absolute atomic E-state index is 12.8. The van der Waals surface area contributed by atoms with Gasteiger partial charge in [0.05, 0.1) is 5.56 Å². The number of aromatic nitrogens is 3. The highest BCUT2D eigenvalue weighted by atomic mass is 16.2. The highest BCUT2D eigenvalue weighted by Crippen LogP contribution is 2.27. The van der Waals surface area contributed by atoms with Crippen molar-refractivity contribution in [2.45, 2.75) is 19.4 Å². The van der Waals surface area contributed by atoms with Crippen LogP contribution in [0.2, 0.25) is 0 Å². The molecule has 0 saturated carbocycles. The molecular weight excluding hydrogens is 318 g/mol. The fourth-order valence-electron chi connectivity index (χ4n) is 3.19. The number of H-pyrrole nitrogens is 1. The summed E-state index contributed by atoms with van der Waals surface area (Å²) in [6.45, 7) is 2.33. The molecule has 1 aromatic heterocycles. The van der Waals surface area contributed by atoms with Crippen LogP contribution in [0.5, 0.6) is 0 Å². The van der Waals surface area contributed by atoms with Crippen molar-refractivity contribution in [2.24, 2.45) is 0 Å². The third kappa shape index (κ3) is 2.63. The van der Waals surface area contributed by atoms with Crippen molar-refractivity contribution in [3.8, 4) is 0 Å². The number of anilines is 1. The number of nitrogens with one attached hydrogen (secondary N) is 2. The van der Waals surface area contributed by atoms with Crippen molar-refractivity contribution in [3.63, 3.8) is 0 Å². The lowest BCUT2D eigenvalue weighted by atomic mass is 10.1. The Morgan fingerprint density at radius 3 is 2.88 bits per heavy atom. The Bertz CT molecular complexity index is 965. The van der Waals surface area contributed by atoms with Gasteiger partial charge in [0.15, 0.2) is 0 Å². The van der Waals surface area contributed by atoms with Crippen LogP contribution in [-0.4, -0.2) is 39.8 Å². The Kier molecular flexibility index (Phi) is 3.68. The number of carbonyl (C=O) groups excluding carboxylic acids is 2. The van der Waals surface area contributed by atoms with Gasteiger partial charge in [-0.05, 0) is 37.1 Å². The van der Waals surface area contributed by atoms with Gasteiger partial charge in [0.1, 0.15) is 17.1 Å². The van der Waals surface area contributed by atoms with Gasteiger partial charge in [-0.15, -0.1) is 0 Å². The van der Waals surface area contributed by atoms with Gasteiger partial charge in [-0.25, -0.2) is 0 Å². The summed E-state index contributed by atoms with van der Waals surface area (Å²) in [4.78, 5) is 27.1. The summed E-state index contributed by atoms with van der Waals surface area (Å²) in [5.41, 5.74) is 3.58. The largest absolute Gasteiger partial charge is 0.340 e. The lowest BCUT2D eigenvalue weighted by Crippen LogP contribution is -2.46. The molecule has 1 atom stereocenters. The molecule has 1 aliphatic rings. The third-order valence-electron chi connectivity index (χ3n) is 4.46. The van der Waals surface area contributed by atoms with E-state index >= 15 is 0 Å². The number of aromatic amines is 1. The molecule has 126 valence electrons. The zero-order chi connectivity index (χ0) is 17.4. The molecule has 2 amide bonds. The van der Waals surface area contributed by atoms with Crippen LogP contribution < -0.4 is 10.2 Å². The van der Waals surface area contributed by atoms with Gasteiger partial charge in [-0.1, -0.05) is 24.3 Å². The standard InChI is InChI=1S/C18H17N5O2/c1-11(18(25)23-10-9-12-5-2-3-8-15(12)23)19-17(24)13-6-4-7-14-16(13)21-22-20-14/h2-8,11H,9-10H2,1H3,(H,19,24)(H,20,21,22)/t11-/m0/s1. The Morgan fingerprint density at radius 2 is 2.00 bits per heavy atom. The molecule has 0 unspecified atom stereocenters. The van der Waals surface area contributed by atoms with E-state index in [1.165, 1.54) is 0 Å². The van der Waals surface area contributed by atoms with Gasteiger partial charge in [0.2, 0.25) is 5.91 Å². The van der Waals surface area contributed by atoms with E-state index in [1.54, 1.807) is 30.0 Å². The van der Waals surface area contributed by atoms with Gasteiger partial charge in [-0.3, -0.25) is 9.59 Å².